The van der Waals surface area contributed by atoms with Crippen molar-refractivity contribution in [3.8, 4) is 17.0 Å². The Balaban J connectivity index is 2.33. The summed E-state index contributed by atoms with van der Waals surface area (Å²) in [7, 11) is 0. The molecule has 0 saturated carbocycles. The van der Waals surface area contributed by atoms with Crippen molar-refractivity contribution in [2.45, 2.75) is 0 Å². The van der Waals surface area contributed by atoms with Gasteiger partial charge in [-0.25, -0.2) is 4.98 Å². The molecular formula is C13H9BrN2O. The van der Waals surface area contributed by atoms with E-state index in [0.29, 0.717) is 5.65 Å². The first kappa shape index (κ1) is 10.4. The van der Waals surface area contributed by atoms with Gasteiger partial charge in [-0.2, -0.15) is 0 Å². The molecule has 0 fully saturated rings. The number of imidazole rings is 1. The molecule has 2 aromatic heterocycles. The number of fused-ring (bicyclic) bond motifs is 1. The number of hydrogen-bond donors (Lipinski definition) is 1. The van der Waals surface area contributed by atoms with Gasteiger partial charge in [0, 0.05) is 16.2 Å². The first-order chi connectivity index (χ1) is 8.27. The molecule has 3 nitrogen and oxygen atoms in total. The molecule has 84 valence electrons. The zero-order valence-electron chi connectivity index (χ0n) is 8.84. The molecule has 0 aliphatic carbocycles. The van der Waals surface area contributed by atoms with Crippen LogP contribution in [-0.4, -0.2) is 14.5 Å². The van der Waals surface area contributed by atoms with Crippen LogP contribution in [0, 0.1) is 0 Å². The Morgan fingerprint density at radius 1 is 1.12 bits per heavy atom. The normalized spacial score (nSPS) is 10.9. The maximum absolute atomic E-state index is 9.71. The molecule has 0 aliphatic heterocycles. The first-order valence-electron chi connectivity index (χ1n) is 5.17. The number of hydrogen-bond acceptors (Lipinski definition) is 2. The Morgan fingerprint density at radius 2 is 1.94 bits per heavy atom. The van der Waals surface area contributed by atoms with Gasteiger partial charge in [-0.1, -0.05) is 34.1 Å². The summed E-state index contributed by atoms with van der Waals surface area (Å²) in [5.74, 6) is 0.186. The fourth-order valence-electron chi connectivity index (χ4n) is 1.86. The van der Waals surface area contributed by atoms with Crippen LogP contribution >= 0.6 is 15.9 Å². The molecule has 0 aliphatic rings. The minimum absolute atomic E-state index is 0.186. The minimum atomic E-state index is 0.186. The van der Waals surface area contributed by atoms with Crippen molar-refractivity contribution in [2.24, 2.45) is 0 Å². The summed E-state index contributed by atoms with van der Waals surface area (Å²) in [6.45, 7) is 0. The minimum Gasteiger partial charge on any atom is -0.504 e. The average molecular weight is 289 g/mol. The SMILES string of the molecule is Oc1cccn2c(-c3ccccc3Br)cnc12. The summed E-state index contributed by atoms with van der Waals surface area (Å²) in [5, 5.41) is 9.71. The van der Waals surface area contributed by atoms with Crippen LogP contribution in [0.15, 0.2) is 53.3 Å². The molecule has 0 amide bonds. The van der Waals surface area contributed by atoms with Gasteiger partial charge in [0.15, 0.2) is 11.4 Å². The number of nitrogens with zero attached hydrogens (tertiary/aromatic N) is 2. The van der Waals surface area contributed by atoms with Crippen LogP contribution in [0.1, 0.15) is 0 Å². The van der Waals surface area contributed by atoms with E-state index in [9.17, 15) is 5.11 Å². The Hall–Kier alpha value is -1.81. The van der Waals surface area contributed by atoms with Crippen LogP contribution in [0.5, 0.6) is 5.75 Å². The van der Waals surface area contributed by atoms with Crippen LogP contribution in [0.4, 0.5) is 0 Å². The van der Waals surface area contributed by atoms with Crippen LogP contribution in [0.2, 0.25) is 0 Å². The number of aromatic nitrogens is 2. The summed E-state index contributed by atoms with van der Waals surface area (Å²) in [5.41, 5.74) is 2.56. The molecule has 0 unspecified atom stereocenters. The van der Waals surface area contributed by atoms with Crippen molar-refractivity contribution < 1.29 is 5.11 Å². The second-order valence-corrected chi connectivity index (χ2v) is 4.56. The van der Waals surface area contributed by atoms with E-state index in [1.807, 2.05) is 34.9 Å². The van der Waals surface area contributed by atoms with Gasteiger partial charge in [0.25, 0.3) is 0 Å². The molecule has 17 heavy (non-hydrogen) atoms. The largest absolute Gasteiger partial charge is 0.504 e. The van der Waals surface area contributed by atoms with E-state index in [-0.39, 0.29) is 5.75 Å². The molecule has 0 bridgehead atoms. The molecule has 1 N–H and O–H groups in total. The van der Waals surface area contributed by atoms with Gasteiger partial charge in [0.2, 0.25) is 0 Å². The second-order valence-electron chi connectivity index (χ2n) is 3.71. The van der Waals surface area contributed by atoms with E-state index in [1.165, 1.54) is 0 Å². The molecule has 3 aromatic rings. The lowest BCUT2D eigenvalue weighted by Gasteiger charge is -2.04. The molecule has 0 radical (unpaired) electrons. The van der Waals surface area contributed by atoms with Crippen LogP contribution in [0.3, 0.4) is 0 Å². The number of halogens is 1. The number of pyridine rings is 1. The molecule has 1 aromatic carbocycles. The van der Waals surface area contributed by atoms with Gasteiger partial charge in [0.1, 0.15) is 0 Å². The van der Waals surface area contributed by atoms with Gasteiger partial charge >= 0.3 is 0 Å². The maximum atomic E-state index is 9.71. The lowest BCUT2D eigenvalue weighted by Crippen LogP contribution is -1.88. The Kier molecular flexibility index (Phi) is 2.37. The third-order valence-corrected chi connectivity index (χ3v) is 3.36. The van der Waals surface area contributed by atoms with Gasteiger partial charge < -0.3 is 5.11 Å². The van der Waals surface area contributed by atoms with Crippen molar-refractivity contribution in [3.63, 3.8) is 0 Å². The Morgan fingerprint density at radius 3 is 2.76 bits per heavy atom. The smallest absolute Gasteiger partial charge is 0.179 e. The van der Waals surface area contributed by atoms with Crippen molar-refractivity contribution in [1.82, 2.24) is 9.38 Å². The van der Waals surface area contributed by atoms with E-state index in [1.54, 1.807) is 18.3 Å². The highest BCUT2D eigenvalue weighted by Gasteiger charge is 2.10. The van der Waals surface area contributed by atoms with Crippen LogP contribution in [0.25, 0.3) is 16.9 Å². The van der Waals surface area contributed by atoms with E-state index in [0.717, 1.165) is 15.7 Å². The predicted molar refractivity (Wildman–Crippen MR) is 70.0 cm³/mol. The topological polar surface area (TPSA) is 37.5 Å². The molecule has 4 heteroatoms. The highest BCUT2D eigenvalue weighted by atomic mass is 79.9. The Bertz CT molecular complexity index is 691. The number of rotatable bonds is 1. The second kappa shape index (κ2) is 3.89. The first-order valence-corrected chi connectivity index (χ1v) is 5.96. The number of aromatic hydroxyl groups is 1. The third kappa shape index (κ3) is 1.61. The Labute approximate surface area is 106 Å². The van der Waals surface area contributed by atoms with E-state index in [2.05, 4.69) is 20.9 Å². The summed E-state index contributed by atoms with van der Waals surface area (Å²) >= 11 is 3.52. The lowest BCUT2D eigenvalue weighted by atomic mass is 10.2. The fraction of sp³-hybridized carbons (Fsp3) is 0. The summed E-state index contributed by atoms with van der Waals surface area (Å²) < 4.78 is 2.88. The number of benzene rings is 1. The summed E-state index contributed by atoms with van der Waals surface area (Å²) in [6.07, 6.45) is 3.64. The molecule has 2 heterocycles. The maximum Gasteiger partial charge on any atom is 0.179 e. The van der Waals surface area contributed by atoms with Gasteiger partial charge in [-0.3, -0.25) is 4.40 Å². The molecular weight excluding hydrogens is 280 g/mol. The van der Waals surface area contributed by atoms with Crippen molar-refractivity contribution in [1.29, 1.82) is 0 Å². The average Bonchev–Trinajstić information content (AvgIpc) is 2.75. The van der Waals surface area contributed by atoms with Gasteiger partial charge in [-0.05, 0) is 18.2 Å². The molecule has 0 saturated heterocycles. The zero-order valence-corrected chi connectivity index (χ0v) is 10.4. The van der Waals surface area contributed by atoms with Crippen molar-refractivity contribution in [2.75, 3.05) is 0 Å². The quantitative estimate of drug-likeness (QED) is 0.744. The highest BCUT2D eigenvalue weighted by molar-refractivity contribution is 9.10. The van der Waals surface area contributed by atoms with E-state index >= 15 is 0 Å². The van der Waals surface area contributed by atoms with Crippen LogP contribution in [-0.2, 0) is 0 Å². The van der Waals surface area contributed by atoms with Crippen LogP contribution < -0.4 is 0 Å². The van der Waals surface area contributed by atoms with Gasteiger partial charge in [0.05, 0.1) is 11.9 Å². The lowest BCUT2D eigenvalue weighted by molar-refractivity contribution is 0.477. The predicted octanol–water partition coefficient (Wildman–Crippen LogP) is 3.47. The van der Waals surface area contributed by atoms with E-state index in [4.69, 9.17) is 0 Å². The van der Waals surface area contributed by atoms with Crippen molar-refractivity contribution >= 4 is 21.6 Å². The standard InChI is InChI=1S/C13H9BrN2O/c14-10-5-2-1-4-9(10)11-8-15-13-12(17)6-3-7-16(11)13/h1-8,17H. The fourth-order valence-corrected chi connectivity index (χ4v) is 2.35. The van der Waals surface area contributed by atoms with Crippen molar-refractivity contribution in [3.05, 3.63) is 53.3 Å². The highest BCUT2D eigenvalue weighted by Crippen LogP contribution is 2.30. The molecule has 0 atom stereocenters. The molecule has 3 rings (SSSR count). The third-order valence-electron chi connectivity index (χ3n) is 2.66. The molecule has 0 spiro atoms. The van der Waals surface area contributed by atoms with Gasteiger partial charge in [-0.15, -0.1) is 0 Å². The monoisotopic (exact) mass is 288 g/mol. The zero-order chi connectivity index (χ0) is 11.8. The summed E-state index contributed by atoms with van der Waals surface area (Å²) in [4.78, 5) is 4.23. The summed E-state index contributed by atoms with van der Waals surface area (Å²) in [6, 6.07) is 11.4. The van der Waals surface area contributed by atoms with E-state index < -0.39 is 0 Å².